The van der Waals surface area contributed by atoms with Gasteiger partial charge >= 0.3 is 0 Å². The van der Waals surface area contributed by atoms with Crippen molar-refractivity contribution in [2.24, 2.45) is 0 Å². The lowest BCUT2D eigenvalue weighted by molar-refractivity contribution is 0.749. The number of tetrazole rings is 1. The van der Waals surface area contributed by atoms with Crippen LogP contribution in [0.5, 0.6) is 0 Å². The normalized spacial score (nSPS) is 12.6. The fraction of sp³-hybridized carbons (Fsp3) is 0.316. The summed E-state index contributed by atoms with van der Waals surface area (Å²) in [5.74, 6) is 0.624. The second-order valence-electron chi connectivity index (χ2n) is 6.84. The third-order valence-corrected chi connectivity index (χ3v) is 6.90. The number of aryl methyl sites for hydroxylation is 4. The predicted molar refractivity (Wildman–Crippen MR) is 113 cm³/mol. The molecule has 0 spiro atoms. The van der Waals surface area contributed by atoms with Gasteiger partial charge < -0.3 is 4.98 Å². The number of rotatable bonds is 4. The Labute approximate surface area is 170 Å². The highest BCUT2D eigenvalue weighted by atomic mass is 32.2. The zero-order valence-electron chi connectivity index (χ0n) is 16.3. The van der Waals surface area contributed by atoms with Gasteiger partial charge in [0, 0.05) is 4.88 Å². The summed E-state index contributed by atoms with van der Waals surface area (Å²) >= 11 is 3.02. The summed E-state index contributed by atoms with van der Waals surface area (Å²) in [7, 11) is 0. The van der Waals surface area contributed by atoms with E-state index < -0.39 is 0 Å². The summed E-state index contributed by atoms with van der Waals surface area (Å²) in [6.07, 6.45) is 0. The van der Waals surface area contributed by atoms with Crippen LogP contribution in [0.1, 0.15) is 39.6 Å². The average Bonchev–Trinajstić information content (AvgIpc) is 3.21. The van der Waals surface area contributed by atoms with Crippen molar-refractivity contribution in [1.82, 2.24) is 30.2 Å². The van der Waals surface area contributed by atoms with Crippen LogP contribution in [0.4, 0.5) is 0 Å². The van der Waals surface area contributed by atoms with E-state index in [1.165, 1.54) is 11.8 Å². The first-order valence-electron chi connectivity index (χ1n) is 8.87. The molecule has 0 aliphatic carbocycles. The van der Waals surface area contributed by atoms with Crippen LogP contribution in [0.15, 0.2) is 28.2 Å². The molecule has 0 bridgehead atoms. The Morgan fingerprint density at radius 2 is 2.00 bits per heavy atom. The lowest BCUT2D eigenvalue weighted by Gasteiger charge is -2.12. The summed E-state index contributed by atoms with van der Waals surface area (Å²) in [4.78, 5) is 22.1. The Kier molecular flexibility index (Phi) is 4.80. The topological polar surface area (TPSA) is 89.3 Å². The molecule has 0 fully saturated rings. The summed E-state index contributed by atoms with van der Waals surface area (Å²) in [5, 5.41) is 13.4. The highest BCUT2D eigenvalue weighted by molar-refractivity contribution is 7.99. The van der Waals surface area contributed by atoms with Gasteiger partial charge in [-0.15, -0.1) is 16.4 Å². The van der Waals surface area contributed by atoms with E-state index in [0.29, 0.717) is 16.4 Å². The fourth-order valence-corrected chi connectivity index (χ4v) is 4.92. The second-order valence-corrected chi connectivity index (χ2v) is 9.35. The minimum atomic E-state index is -0.116. The number of benzene rings is 1. The highest BCUT2D eigenvalue weighted by Crippen LogP contribution is 2.34. The molecule has 1 N–H and O–H groups in total. The molecule has 4 aromatic rings. The lowest BCUT2D eigenvalue weighted by atomic mass is 10.1. The summed E-state index contributed by atoms with van der Waals surface area (Å²) in [6, 6.07) is 6.18. The van der Waals surface area contributed by atoms with Gasteiger partial charge in [0.1, 0.15) is 10.7 Å². The molecule has 144 valence electrons. The summed E-state index contributed by atoms with van der Waals surface area (Å²) in [5.41, 5.74) is 4.08. The quantitative estimate of drug-likeness (QED) is 0.509. The number of thiophene rings is 1. The molecular formula is C19H20N6OS2. The summed E-state index contributed by atoms with van der Waals surface area (Å²) in [6.45, 7) is 10.0. The maximum absolute atomic E-state index is 12.6. The monoisotopic (exact) mass is 412 g/mol. The molecule has 0 saturated heterocycles. The first kappa shape index (κ1) is 18.8. The Morgan fingerprint density at radius 3 is 2.79 bits per heavy atom. The van der Waals surface area contributed by atoms with Gasteiger partial charge in [0.25, 0.3) is 5.56 Å². The van der Waals surface area contributed by atoms with Crippen LogP contribution in [0.2, 0.25) is 0 Å². The van der Waals surface area contributed by atoms with E-state index in [9.17, 15) is 4.79 Å². The van der Waals surface area contributed by atoms with Gasteiger partial charge in [-0.1, -0.05) is 23.9 Å². The van der Waals surface area contributed by atoms with Crippen LogP contribution < -0.4 is 5.56 Å². The molecule has 0 amide bonds. The average molecular weight is 413 g/mol. The Balaban J connectivity index is 1.70. The van der Waals surface area contributed by atoms with Crippen molar-refractivity contribution in [3.8, 4) is 5.69 Å². The highest BCUT2D eigenvalue weighted by Gasteiger charge is 2.20. The Morgan fingerprint density at radius 1 is 1.21 bits per heavy atom. The molecule has 1 aromatic carbocycles. The molecule has 3 heterocycles. The van der Waals surface area contributed by atoms with Crippen molar-refractivity contribution in [3.63, 3.8) is 0 Å². The van der Waals surface area contributed by atoms with E-state index in [4.69, 9.17) is 4.98 Å². The third kappa shape index (κ3) is 3.24. The third-order valence-electron chi connectivity index (χ3n) is 4.76. The van der Waals surface area contributed by atoms with Gasteiger partial charge in [-0.3, -0.25) is 4.79 Å². The molecule has 3 aromatic heterocycles. The van der Waals surface area contributed by atoms with Gasteiger partial charge in [-0.2, -0.15) is 4.68 Å². The zero-order chi connectivity index (χ0) is 20.0. The molecule has 0 aliphatic rings. The molecule has 28 heavy (non-hydrogen) atoms. The van der Waals surface area contributed by atoms with Crippen LogP contribution in [-0.2, 0) is 0 Å². The van der Waals surface area contributed by atoms with E-state index in [2.05, 4.69) is 38.7 Å². The number of nitrogens with zero attached hydrogens (tertiary/aromatic N) is 5. The molecule has 0 radical (unpaired) electrons. The van der Waals surface area contributed by atoms with Crippen molar-refractivity contribution < 1.29 is 0 Å². The van der Waals surface area contributed by atoms with E-state index in [-0.39, 0.29) is 10.8 Å². The smallest absolute Gasteiger partial charge is 0.259 e. The largest absolute Gasteiger partial charge is 0.309 e. The lowest BCUT2D eigenvalue weighted by Crippen LogP contribution is -2.13. The predicted octanol–water partition coefficient (Wildman–Crippen LogP) is 4.05. The number of H-pyrrole nitrogens is 1. The molecule has 4 rings (SSSR count). The Hall–Kier alpha value is -2.52. The first-order valence-corrected chi connectivity index (χ1v) is 10.6. The second kappa shape index (κ2) is 7.14. The number of aromatic amines is 1. The fourth-order valence-electron chi connectivity index (χ4n) is 3.03. The van der Waals surface area contributed by atoms with Crippen molar-refractivity contribution in [3.05, 3.63) is 55.9 Å². The molecule has 0 unspecified atom stereocenters. The first-order chi connectivity index (χ1) is 13.3. The van der Waals surface area contributed by atoms with Crippen LogP contribution in [0.25, 0.3) is 15.9 Å². The van der Waals surface area contributed by atoms with Crippen molar-refractivity contribution in [2.45, 2.75) is 45.0 Å². The van der Waals surface area contributed by atoms with Crippen molar-refractivity contribution in [1.29, 1.82) is 0 Å². The van der Waals surface area contributed by atoms with Gasteiger partial charge in [0.05, 0.1) is 16.3 Å². The number of nitrogens with one attached hydrogen (secondary N) is 1. The minimum absolute atomic E-state index is 0.0941. The number of hydrogen-bond acceptors (Lipinski definition) is 7. The number of hydrogen-bond donors (Lipinski definition) is 1. The molecule has 0 saturated carbocycles. The van der Waals surface area contributed by atoms with Gasteiger partial charge in [-0.05, 0) is 67.8 Å². The van der Waals surface area contributed by atoms with Crippen LogP contribution in [0.3, 0.4) is 0 Å². The van der Waals surface area contributed by atoms with E-state index in [1.807, 2.05) is 34.6 Å². The molecule has 1 atom stereocenters. The number of fused-ring (bicyclic) bond motifs is 1. The number of aromatic nitrogens is 6. The molecule has 7 nitrogen and oxygen atoms in total. The van der Waals surface area contributed by atoms with Gasteiger partial charge in [0.15, 0.2) is 0 Å². The van der Waals surface area contributed by atoms with Crippen LogP contribution in [0, 0.1) is 27.7 Å². The standard InChI is InChI=1S/C19H20N6OS2/c1-9-6-7-10(2)14(8-9)25-19(22-23-24-25)28-13(5)16-20-17(26)15-11(3)12(4)27-18(15)21-16/h6-8,13H,1-5H3,(H,20,21,26)/t13-/m0/s1. The zero-order valence-corrected chi connectivity index (χ0v) is 17.9. The maximum atomic E-state index is 12.6. The van der Waals surface area contributed by atoms with Crippen molar-refractivity contribution >= 4 is 33.3 Å². The SMILES string of the molecule is Cc1ccc(C)c(-n2nnnc2S[C@@H](C)c2nc3sc(C)c(C)c3c(=O)[nH]2)c1. The number of thioether (sulfide) groups is 1. The van der Waals surface area contributed by atoms with E-state index >= 15 is 0 Å². The molecule has 9 heteroatoms. The molecular weight excluding hydrogens is 392 g/mol. The van der Waals surface area contributed by atoms with Crippen LogP contribution >= 0.6 is 23.1 Å². The molecule has 0 aliphatic heterocycles. The minimum Gasteiger partial charge on any atom is -0.309 e. The van der Waals surface area contributed by atoms with Gasteiger partial charge in [-0.25, -0.2) is 4.98 Å². The van der Waals surface area contributed by atoms with Crippen LogP contribution in [-0.4, -0.2) is 30.2 Å². The Bertz CT molecular complexity index is 1240. The van der Waals surface area contributed by atoms with Crippen molar-refractivity contribution in [2.75, 3.05) is 0 Å². The van der Waals surface area contributed by atoms with E-state index in [0.717, 1.165) is 32.1 Å². The van der Waals surface area contributed by atoms with E-state index in [1.54, 1.807) is 16.0 Å². The summed E-state index contributed by atoms with van der Waals surface area (Å²) < 4.78 is 1.74. The van der Waals surface area contributed by atoms with Gasteiger partial charge in [0.2, 0.25) is 5.16 Å². The maximum Gasteiger partial charge on any atom is 0.259 e.